The van der Waals surface area contributed by atoms with Crippen LogP contribution in [0.25, 0.3) is 0 Å². The van der Waals surface area contributed by atoms with Crippen molar-refractivity contribution in [1.29, 1.82) is 5.26 Å². The van der Waals surface area contributed by atoms with Crippen molar-refractivity contribution in [2.75, 3.05) is 13.1 Å². The van der Waals surface area contributed by atoms with Gasteiger partial charge in [0.05, 0.1) is 13.2 Å². The molecule has 4 rings (SSSR count). The molecule has 2 atom stereocenters. The fourth-order valence-corrected chi connectivity index (χ4v) is 3.38. The lowest BCUT2D eigenvalue weighted by molar-refractivity contribution is -0.144. The van der Waals surface area contributed by atoms with E-state index in [1.54, 1.807) is 4.90 Å². The lowest BCUT2D eigenvalue weighted by Gasteiger charge is -2.28. The van der Waals surface area contributed by atoms with Gasteiger partial charge in [0.2, 0.25) is 5.69 Å². The third-order valence-corrected chi connectivity index (χ3v) is 4.74. The van der Waals surface area contributed by atoms with Gasteiger partial charge in [-0.05, 0) is 11.1 Å². The molecule has 0 aliphatic carbocycles. The summed E-state index contributed by atoms with van der Waals surface area (Å²) in [4.78, 5) is 22.6. The number of amides is 1. The second-order valence-corrected chi connectivity index (χ2v) is 6.41. The van der Waals surface area contributed by atoms with Crippen LogP contribution in [0, 0.1) is 11.3 Å². The van der Waals surface area contributed by atoms with Crippen LogP contribution in [0.4, 0.5) is 0 Å². The van der Waals surface area contributed by atoms with Crippen LogP contribution in [0.2, 0.25) is 0 Å². The van der Waals surface area contributed by atoms with Crippen molar-refractivity contribution in [2.45, 2.75) is 31.7 Å². The van der Waals surface area contributed by atoms with Crippen molar-refractivity contribution in [1.82, 2.24) is 14.9 Å². The van der Waals surface area contributed by atoms with E-state index in [0.29, 0.717) is 32.5 Å². The molecule has 1 saturated heterocycles. The Balaban J connectivity index is 1.38. The Hall–Kier alpha value is -2.98. The number of nitrogens with zero attached hydrogens (tertiary/aromatic N) is 4. The maximum Gasteiger partial charge on any atom is 0.252 e. The van der Waals surface area contributed by atoms with Crippen molar-refractivity contribution in [2.24, 2.45) is 0 Å². The summed E-state index contributed by atoms with van der Waals surface area (Å²) >= 11 is 0. The first-order chi connectivity index (χ1) is 12.7. The Morgan fingerprint density at radius 3 is 2.92 bits per heavy atom. The predicted octanol–water partition coefficient (Wildman–Crippen LogP) is 1.47. The molecule has 0 saturated carbocycles. The minimum atomic E-state index is -0.449. The molecule has 1 fully saturated rings. The number of likely N-dealkylation sites (tertiary alicyclic amines) is 1. The molecule has 3 heterocycles. The number of carbonyl (C=O) groups is 1. The molecular weight excluding hydrogens is 332 g/mol. The number of nitriles is 1. The molecule has 2 aliphatic rings. The second-order valence-electron chi connectivity index (χ2n) is 6.41. The number of hydrogen-bond acceptors (Lipinski definition) is 6. The predicted molar refractivity (Wildman–Crippen MR) is 91.1 cm³/mol. The first-order valence-corrected chi connectivity index (χ1v) is 8.59. The summed E-state index contributed by atoms with van der Waals surface area (Å²) in [6, 6.07) is 10.0. The van der Waals surface area contributed by atoms with Crippen molar-refractivity contribution in [3.63, 3.8) is 0 Å². The molecule has 7 heteroatoms. The summed E-state index contributed by atoms with van der Waals surface area (Å²) in [6.07, 6.45) is 3.58. The van der Waals surface area contributed by atoms with Gasteiger partial charge in [0, 0.05) is 31.8 Å². The highest BCUT2D eigenvalue weighted by Crippen LogP contribution is 2.24. The summed E-state index contributed by atoms with van der Waals surface area (Å²) in [7, 11) is 0. The monoisotopic (exact) mass is 350 g/mol. The summed E-state index contributed by atoms with van der Waals surface area (Å²) < 4.78 is 11.6. The summed E-state index contributed by atoms with van der Waals surface area (Å²) in [5, 5.41) is 9.07. The third kappa shape index (κ3) is 3.24. The van der Waals surface area contributed by atoms with E-state index in [1.807, 2.05) is 30.3 Å². The highest BCUT2D eigenvalue weighted by Gasteiger charge is 2.34. The topological polar surface area (TPSA) is 88.3 Å². The van der Waals surface area contributed by atoms with E-state index in [9.17, 15) is 4.79 Å². The SMILES string of the molecule is N#Cc1nccnc1O[C@@H]1CCN(C(=O)[C@H]2Cc3ccccc3CO2)C1. The number of benzene rings is 1. The van der Waals surface area contributed by atoms with Gasteiger partial charge in [-0.2, -0.15) is 5.26 Å². The van der Waals surface area contributed by atoms with Crippen LogP contribution < -0.4 is 4.74 Å². The normalized spacial score (nSPS) is 21.7. The van der Waals surface area contributed by atoms with Crippen molar-refractivity contribution >= 4 is 5.91 Å². The fraction of sp³-hybridized carbons (Fsp3) is 0.368. The fourth-order valence-electron chi connectivity index (χ4n) is 3.38. The van der Waals surface area contributed by atoms with Gasteiger partial charge < -0.3 is 14.4 Å². The Morgan fingerprint density at radius 1 is 1.27 bits per heavy atom. The first-order valence-electron chi connectivity index (χ1n) is 8.59. The molecule has 2 aromatic rings. The molecule has 1 amide bonds. The van der Waals surface area contributed by atoms with Crippen molar-refractivity contribution < 1.29 is 14.3 Å². The second kappa shape index (κ2) is 7.10. The molecule has 0 radical (unpaired) electrons. The van der Waals surface area contributed by atoms with Gasteiger partial charge in [0.25, 0.3) is 11.8 Å². The van der Waals surface area contributed by atoms with Crippen LogP contribution in [0.3, 0.4) is 0 Å². The highest BCUT2D eigenvalue weighted by atomic mass is 16.5. The zero-order chi connectivity index (χ0) is 17.9. The van der Waals surface area contributed by atoms with E-state index in [4.69, 9.17) is 14.7 Å². The van der Waals surface area contributed by atoms with Crippen molar-refractivity contribution in [3.8, 4) is 11.9 Å². The molecule has 0 bridgehead atoms. The van der Waals surface area contributed by atoms with Gasteiger partial charge in [-0.15, -0.1) is 0 Å². The van der Waals surface area contributed by atoms with E-state index in [-0.39, 0.29) is 23.6 Å². The summed E-state index contributed by atoms with van der Waals surface area (Å²) in [5.41, 5.74) is 2.47. The average molecular weight is 350 g/mol. The van der Waals surface area contributed by atoms with E-state index in [1.165, 1.54) is 18.0 Å². The van der Waals surface area contributed by atoms with Gasteiger partial charge in [0.15, 0.2) is 0 Å². The standard InChI is InChI=1S/C19H18N4O3/c20-10-16-18(22-7-6-21-16)26-15-5-8-23(11-15)19(24)17-9-13-3-1-2-4-14(13)12-25-17/h1-4,6-7,15,17H,5,8-9,11-12H2/t15-,17-/m1/s1. The lowest BCUT2D eigenvalue weighted by Crippen LogP contribution is -2.42. The van der Waals surface area contributed by atoms with Gasteiger partial charge >= 0.3 is 0 Å². The Bertz CT molecular complexity index is 864. The van der Waals surface area contributed by atoms with E-state index >= 15 is 0 Å². The van der Waals surface area contributed by atoms with Crippen LogP contribution >= 0.6 is 0 Å². The maximum absolute atomic E-state index is 12.8. The number of hydrogen-bond donors (Lipinski definition) is 0. The minimum Gasteiger partial charge on any atom is -0.470 e. The largest absolute Gasteiger partial charge is 0.470 e. The quantitative estimate of drug-likeness (QED) is 0.833. The molecule has 26 heavy (non-hydrogen) atoms. The smallest absolute Gasteiger partial charge is 0.252 e. The summed E-state index contributed by atoms with van der Waals surface area (Å²) in [6.45, 7) is 1.53. The average Bonchev–Trinajstić information content (AvgIpc) is 3.16. The maximum atomic E-state index is 12.8. The van der Waals surface area contributed by atoms with Crippen LogP contribution in [-0.2, 0) is 22.6 Å². The molecule has 132 valence electrons. The van der Waals surface area contributed by atoms with Crippen LogP contribution in [-0.4, -0.2) is 46.1 Å². The number of ether oxygens (including phenoxy) is 2. The summed E-state index contributed by atoms with van der Waals surface area (Å²) in [5.74, 6) is 0.211. The Morgan fingerprint density at radius 2 is 2.08 bits per heavy atom. The molecule has 2 aliphatic heterocycles. The Kier molecular flexibility index (Phi) is 4.50. The Labute approximate surface area is 151 Å². The van der Waals surface area contributed by atoms with E-state index in [2.05, 4.69) is 9.97 Å². The van der Waals surface area contributed by atoms with E-state index in [0.717, 1.165) is 5.56 Å². The van der Waals surface area contributed by atoms with Gasteiger partial charge in [-0.25, -0.2) is 9.97 Å². The molecule has 0 spiro atoms. The number of aromatic nitrogens is 2. The molecule has 1 aromatic heterocycles. The van der Waals surface area contributed by atoms with E-state index < -0.39 is 6.10 Å². The number of fused-ring (bicyclic) bond motifs is 1. The molecular formula is C19H18N4O3. The molecule has 1 aromatic carbocycles. The number of carbonyl (C=O) groups excluding carboxylic acids is 1. The molecule has 0 N–H and O–H groups in total. The highest BCUT2D eigenvalue weighted by molar-refractivity contribution is 5.82. The number of rotatable bonds is 3. The zero-order valence-electron chi connectivity index (χ0n) is 14.2. The van der Waals surface area contributed by atoms with Gasteiger partial charge in [-0.1, -0.05) is 24.3 Å². The molecule has 0 unspecified atom stereocenters. The lowest BCUT2D eigenvalue weighted by atomic mass is 9.98. The minimum absolute atomic E-state index is 0.00902. The van der Waals surface area contributed by atoms with Gasteiger partial charge in [-0.3, -0.25) is 4.79 Å². The van der Waals surface area contributed by atoms with Gasteiger partial charge in [0.1, 0.15) is 18.3 Å². The molecule has 7 nitrogen and oxygen atoms in total. The first kappa shape index (κ1) is 16.5. The zero-order valence-corrected chi connectivity index (χ0v) is 14.2. The van der Waals surface area contributed by atoms with Crippen molar-refractivity contribution in [3.05, 3.63) is 53.5 Å². The van der Waals surface area contributed by atoms with Crippen LogP contribution in [0.15, 0.2) is 36.7 Å². The van der Waals surface area contributed by atoms with Crippen LogP contribution in [0.1, 0.15) is 23.2 Å². The third-order valence-electron chi connectivity index (χ3n) is 4.74. The van der Waals surface area contributed by atoms with Crippen LogP contribution in [0.5, 0.6) is 5.88 Å².